The average molecular weight is 163 g/mol. The van der Waals surface area contributed by atoms with Gasteiger partial charge in [0.2, 0.25) is 5.56 Å². The van der Waals surface area contributed by atoms with Crippen LogP contribution in [0.2, 0.25) is 0 Å². The average Bonchev–Trinajstić information content (AvgIpc) is 2.04. The van der Waals surface area contributed by atoms with Crippen molar-refractivity contribution in [3.63, 3.8) is 0 Å². The Morgan fingerprint density at radius 1 is 1.25 bits per heavy atom. The SMILES string of the molecule is CC(C)=C(C)c1ccc(=O)[nH]c1. The standard InChI is InChI=1S/C10H13NO/c1-7(2)8(3)9-4-5-10(12)11-6-9/h4-6H,1-3H3,(H,11,12). The van der Waals surface area contributed by atoms with Gasteiger partial charge >= 0.3 is 0 Å². The second-order valence-electron chi connectivity index (χ2n) is 3.07. The predicted octanol–water partition coefficient (Wildman–Crippen LogP) is 2.19. The lowest BCUT2D eigenvalue weighted by Crippen LogP contribution is -2.02. The zero-order chi connectivity index (χ0) is 9.14. The summed E-state index contributed by atoms with van der Waals surface area (Å²) in [6.45, 7) is 6.16. The number of nitrogens with one attached hydrogen (secondary N) is 1. The molecule has 0 saturated heterocycles. The van der Waals surface area contributed by atoms with Crippen LogP contribution < -0.4 is 5.56 Å². The number of rotatable bonds is 1. The topological polar surface area (TPSA) is 32.9 Å². The zero-order valence-corrected chi connectivity index (χ0v) is 7.64. The summed E-state index contributed by atoms with van der Waals surface area (Å²) < 4.78 is 0. The van der Waals surface area contributed by atoms with Gasteiger partial charge in [-0.1, -0.05) is 5.57 Å². The molecule has 12 heavy (non-hydrogen) atoms. The lowest BCUT2D eigenvalue weighted by molar-refractivity contribution is 1.22. The first kappa shape index (κ1) is 8.78. The van der Waals surface area contributed by atoms with Crippen LogP contribution in [0.25, 0.3) is 5.57 Å². The number of H-pyrrole nitrogens is 1. The van der Waals surface area contributed by atoms with E-state index >= 15 is 0 Å². The summed E-state index contributed by atoms with van der Waals surface area (Å²) >= 11 is 0. The highest BCUT2D eigenvalue weighted by atomic mass is 16.1. The van der Waals surface area contributed by atoms with E-state index in [4.69, 9.17) is 0 Å². The number of hydrogen-bond acceptors (Lipinski definition) is 1. The molecule has 0 aliphatic rings. The van der Waals surface area contributed by atoms with Crippen molar-refractivity contribution in [1.82, 2.24) is 4.98 Å². The predicted molar refractivity (Wildman–Crippen MR) is 51.0 cm³/mol. The molecule has 0 radical (unpaired) electrons. The molecule has 1 N–H and O–H groups in total. The second kappa shape index (κ2) is 3.39. The van der Waals surface area contributed by atoms with E-state index in [1.807, 2.05) is 13.0 Å². The first-order chi connectivity index (χ1) is 5.61. The Morgan fingerprint density at radius 3 is 2.33 bits per heavy atom. The normalized spacial score (nSPS) is 9.58. The first-order valence-corrected chi connectivity index (χ1v) is 3.94. The molecular weight excluding hydrogens is 150 g/mol. The van der Waals surface area contributed by atoms with Gasteiger partial charge in [0.25, 0.3) is 0 Å². The lowest BCUT2D eigenvalue weighted by atomic mass is 10.1. The van der Waals surface area contributed by atoms with Crippen molar-refractivity contribution in [3.8, 4) is 0 Å². The van der Waals surface area contributed by atoms with Gasteiger partial charge in [-0.05, 0) is 38.0 Å². The van der Waals surface area contributed by atoms with Gasteiger partial charge in [0.05, 0.1) is 0 Å². The molecule has 0 amide bonds. The Labute approximate surface area is 71.9 Å². The van der Waals surface area contributed by atoms with Crippen LogP contribution in [-0.2, 0) is 0 Å². The van der Waals surface area contributed by atoms with Gasteiger partial charge in [0.1, 0.15) is 0 Å². The summed E-state index contributed by atoms with van der Waals surface area (Å²) in [7, 11) is 0. The molecule has 1 aromatic rings. The van der Waals surface area contributed by atoms with Crippen LogP contribution in [-0.4, -0.2) is 4.98 Å². The maximum atomic E-state index is 10.7. The Hall–Kier alpha value is -1.31. The van der Waals surface area contributed by atoms with Crippen molar-refractivity contribution in [1.29, 1.82) is 0 Å². The third-order valence-electron chi connectivity index (χ3n) is 1.97. The summed E-state index contributed by atoms with van der Waals surface area (Å²) in [4.78, 5) is 13.4. The molecule has 0 spiro atoms. The third kappa shape index (κ3) is 1.84. The van der Waals surface area contributed by atoms with Crippen LogP contribution in [0.15, 0.2) is 28.7 Å². The van der Waals surface area contributed by atoms with E-state index in [9.17, 15) is 4.79 Å². The quantitative estimate of drug-likeness (QED) is 0.676. The van der Waals surface area contributed by atoms with E-state index in [0.717, 1.165) is 5.56 Å². The van der Waals surface area contributed by atoms with Crippen molar-refractivity contribution in [2.24, 2.45) is 0 Å². The molecule has 2 heteroatoms. The third-order valence-corrected chi connectivity index (χ3v) is 1.97. The van der Waals surface area contributed by atoms with Crippen molar-refractivity contribution >= 4 is 5.57 Å². The zero-order valence-electron chi connectivity index (χ0n) is 7.64. The van der Waals surface area contributed by atoms with Crippen LogP contribution in [0.5, 0.6) is 0 Å². The summed E-state index contributed by atoms with van der Waals surface area (Å²) in [6.07, 6.45) is 1.74. The maximum Gasteiger partial charge on any atom is 0.247 e. The molecule has 0 bridgehead atoms. The van der Waals surface area contributed by atoms with E-state index in [-0.39, 0.29) is 5.56 Å². The Morgan fingerprint density at radius 2 is 1.92 bits per heavy atom. The van der Waals surface area contributed by atoms with Gasteiger partial charge in [0, 0.05) is 12.3 Å². The maximum absolute atomic E-state index is 10.7. The smallest absolute Gasteiger partial charge is 0.247 e. The Balaban J connectivity index is 3.14. The molecule has 0 aliphatic heterocycles. The van der Waals surface area contributed by atoms with Gasteiger partial charge in [-0.2, -0.15) is 0 Å². The minimum Gasteiger partial charge on any atom is -0.329 e. The van der Waals surface area contributed by atoms with Gasteiger partial charge in [-0.3, -0.25) is 4.79 Å². The van der Waals surface area contributed by atoms with Crippen molar-refractivity contribution in [2.45, 2.75) is 20.8 Å². The minimum atomic E-state index is -0.0553. The molecule has 1 rings (SSSR count). The van der Waals surface area contributed by atoms with E-state index in [0.29, 0.717) is 0 Å². The van der Waals surface area contributed by atoms with Crippen LogP contribution >= 0.6 is 0 Å². The van der Waals surface area contributed by atoms with Gasteiger partial charge in [0.15, 0.2) is 0 Å². The highest BCUT2D eigenvalue weighted by molar-refractivity contribution is 5.65. The molecule has 0 aliphatic carbocycles. The highest BCUT2D eigenvalue weighted by Gasteiger charge is 1.95. The van der Waals surface area contributed by atoms with Crippen molar-refractivity contribution in [3.05, 3.63) is 39.8 Å². The van der Waals surface area contributed by atoms with Crippen LogP contribution in [0.4, 0.5) is 0 Å². The number of allylic oxidation sites excluding steroid dienone is 2. The monoisotopic (exact) mass is 163 g/mol. The van der Waals surface area contributed by atoms with Gasteiger partial charge in [-0.25, -0.2) is 0 Å². The fourth-order valence-corrected chi connectivity index (χ4v) is 0.933. The minimum absolute atomic E-state index is 0.0553. The van der Waals surface area contributed by atoms with Crippen molar-refractivity contribution in [2.75, 3.05) is 0 Å². The molecule has 0 fully saturated rings. The summed E-state index contributed by atoms with van der Waals surface area (Å²) in [5.74, 6) is 0. The lowest BCUT2D eigenvalue weighted by Gasteiger charge is -2.02. The summed E-state index contributed by atoms with van der Waals surface area (Å²) in [6, 6.07) is 3.38. The van der Waals surface area contributed by atoms with Crippen molar-refractivity contribution < 1.29 is 0 Å². The summed E-state index contributed by atoms with van der Waals surface area (Å²) in [5.41, 5.74) is 3.50. The van der Waals surface area contributed by atoms with Crippen LogP contribution in [0, 0.1) is 0 Å². The molecule has 1 aromatic heterocycles. The molecule has 0 unspecified atom stereocenters. The second-order valence-corrected chi connectivity index (χ2v) is 3.07. The van der Waals surface area contributed by atoms with E-state index in [2.05, 4.69) is 18.8 Å². The molecule has 2 nitrogen and oxygen atoms in total. The molecular formula is C10H13NO. The molecule has 64 valence electrons. The van der Waals surface area contributed by atoms with E-state index in [1.165, 1.54) is 11.1 Å². The number of pyridine rings is 1. The Bertz CT molecular complexity index is 336. The van der Waals surface area contributed by atoms with E-state index in [1.54, 1.807) is 12.3 Å². The fraction of sp³-hybridized carbons (Fsp3) is 0.300. The largest absolute Gasteiger partial charge is 0.329 e. The molecule has 0 aromatic carbocycles. The van der Waals surface area contributed by atoms with Gasteiger partial charge in [-0.15, -0.1) is 0 Å². The van der Waals surface area contributed by atoms with Crippen LogP contribution in [0.1, 0.15) is 26.3 Å². The number of aromatic nitrogens is 1. The first-order valence-electron chi connectivity index (χ1n) is 3.94. The summed E-state index contributed by atoms with van der Waals surface area (Å²) in [5, 5.41) is 0. The fourth-order valence-electron chi connectivity index (χ4n) is 0.933. The molecule has 0 atom stereocenters. The molecule has 1 heterocycles. The molecule has 0 saturated carbocycles. The number of hydrogen-bond donors (Lipinski definition) is 1. The highest BCUT2D eigenvalue weighted by Crippen LogP contribution is 2.14. The number of aromatic amines is 1. The Kier molecular flexibility index (Phi) is 2.48. The van der Waals surface area contributed by atoms with E-state index < -0.39 is 0 Å². The van der Waals surface area contributed by atoms with Gasteiger partial charge < -0.3 is 4.98 Å². The van der Waals surface area contributed by atoms with Crippen LogP contribution in [0.3, 0.4) is 0 Å².